The van der Waals surface area contributed by atoms with Crippen LogP contribution in [0.4, 0.5) is 0 Å². The van der Waals surface area contributed by atoms with Crippen molar-refractivity contribution in [1.29, 1.82) is 0 Å². The third-order valence-electron chi connectivity index (χ3n) is 5.07. The second-order valence-corrected chi connectivity index (χ2v) is 7.50. The zero-order chi connectivity index (χ0) is 15.0. The summed E-state index contributed by atoms with van der Waals surface area (Å²) >= 11 is 2.27. The molecule has 1 aromatic carbocycles. The highest BCUT2D eigenvalue weighted by Gasteiger charge is 2.51. The average molecular weight is 436 g/mol. The number of carbonyl (C=O) groups excluding carboxylic acids is 1. The van der Waals surface area contributed by atoms with Crippen molar-refractivity contribution in [3.8, 4) is 5.75 Å². The molecule has 1 saturated heterocycles. The lowest BCUT2D eigenvalue weighted by Gasteiger charge is -2.43. The minimum Gasteiger partial charge on any atom is -1.00 e. The highest BCUT2D eigenvalue weighted by Crippen LogP contribution is 2.35. The molecule has 1 atom stereocenters. The average Bonchev–Trinajstić information content (AvgIpc) is 2.50. The van der Waals surface area contributed by atoms with Gasteiger partial charge in [-0.3, -0.25) is 4.79 Å². The molecule has 1 N–H and O–H groups in total. The smallest absolute Gasteiger partial charge is 0.230 e. The fraction of sp³-hybridized carbons (Fsp3) is 0.588. The lowest BCUT2D eigenvalue weighted by atomic mass is 9.82. The van der Waals surface area contributed by atoms with Crippen LogP contribution in [0.15, 0.2) is 12.1 Å². The lowest BCUT2D eigenvalue weighted by Crippen LogP contribution is -3.23. The summed E-state index contributed by atoms with van der Waals surface area (Å²) in [7, 11) is 0. The van der Waals surface area contributed by atoms with Gasteiger partial charge < -0.3 is 22.0 Å². The van der Waals surface area contributed by atoms with E-state index in [4.69, 9.17) is 4.74 Å². The van der Waals surface area contributed by atoms with Gasteiger partial charge in [0.2, 0.25) is 5.78 Å². The van der Waals surface area contributed by atoms with E-state index in [1.165, 1.54) is 24.2 Å². The van der Waals surface area contributed by atoms with Crippen molar-refractivity contribution >= 4 is 28.4 Å². The monoisotopic (exact) mass is 435 g/mol. The van der Waals surface area contributed by atoms with Gasteiger partial charge in [0.1, 0.15) is 5.75 Å². The van der Waals surface area contributed by atoms with Gasteiger partial charge in [0.15, 0.2) is 12.1 Å². The number of aryl methyl sites for hydroxylation is 1. The van der Waals surface area contributed by atoms with Crippen molar-refractivity contribution in [3.05, 3.63) is 26.8 Å². The number of halogens is 2. The third kappa shape index (κ3) is 2.89. The van der Waals surface area contributed by atoms with Gasteiger partial charge in [0, 0.05) is 6.42 Å². The van der Waals surface area contributed by atoms with Gasteiger partial charge in [-0.25, -0.2) is 0 Å². The SMILES string of the molecule is CCC1([NH+]2CCCCC2)COc2c(I)cc(C)cc2C1=O.[Cl-]. The molecule has 0 bridgehead atoms. The molecule has 2 aliphatic rings. The molecule has 3 rings (SSSR count). The van der Waals surface area contributed by atoms with E-state index in [-0.39, 0.29) is 17.9 Å². The molecule has 3 nitrogen and oxygen atoms in total. The van der Waals surface area contributed by atoms with E-state index < -0.39 is 0 Å². The van der Waals surface area contributed by atoms with Gasteiger partial charge >= 0.3 is 0 Å². The maximum absolute atomic E-state index is 13.3. The Bertz CT molecular complexity index is 572. The zero-order valence-corrected chi connectivity index (χ0v) is 16.1. The number of piperidine rings is 1. The molecule has 0 saturated carbocycles. The first-order valence-corrected chi connectivity index (χ1v) is 8.99. The van der Waals surface area contributed by atoms with Gasteiger partial charge in [0.25, 0.3) is 0 Å². The van der Waals surface area contributed by atoms with E-state index in [1.807, 2.05) is 13.0 Å². The first-order valence-electron chi connectivity index (χ1n) is 7.91. The highest BCUT2D eigenvalue weighted by atomic mass is 127. The van der Waals surface area contributed by atoms with Crippen molar-refractivity contribution in [1.82, 2.24) is 0 Å². The summed E-state index contributed by atoms with van der Waals surface area (Å²) in [6, 6.07) is 4.09. The number of ether oxygens (including phenoxy) is 1. The van der Waals surface area contributed by atoms with Crippen LogP contribution < -0.4 is 22.0 Å². The second-order valence-electron chi connectivity index (χ2n) is 6.34. The van der Waals surface area contributed by atoms with Crippen LogP contribution in [0, 0.1) is 10.5 Å². The molecule has 22 heavy (non-hydrogen) atoms. The summed E-state index contributed by atoms with van der Waals surface area (Å²) in [4.78, 5) is 14.7. The van der Waals surface area contributed by atoms with Gasteiger partial charge in [-0.1, -0.05) is 6.92 Å². The van der Waals surface area contributed by atoms with Crippen LogP contribution in [-0.4, -0.2) is 31.0 Å². The van der Waals surface area contributed by atoms with Crippen molar-refractivity contribution in [2.45, 2.75) is 45.1 Å². The lowest BCUT2D eigenvalue weighted by molar-refractivity contribution is -0.946. The maximum Gasteiger partial charge on any atom is 0.230 e. The van der Waals surface area contributed by atoms with Crippen LogP contribution in [0.25, 0.3) is 0 Å². The molecule has 0 aromatic heterocycles. The molecule has 122 valence electrons. The first-order chi connectivity index (χ1) is 10.1. The number of nitrogens with one attached hydrogen (secondary N) is 1. The topological polar surface area (TPSA) is 30.7 Å². The molecule has 2 aliphatic heterocycles. The number of carbonyl (C=O) groups is 1. The number of benzene rings is 1. The van der Waals surface area contributed by atoms with Gasteiger partial charge in [-0.2, -0.15) is 0 Å². The summed E-state index contributed by atoms with van der Waals surface area (Å²) in [6.45, 7) is 6.91. The molecule has 5 heteroatoms. The summed E-state index contributed by atoms with van der Waals surface area (Å²) in [5.41, 5.74) is 1.56. The van der Waals surface area contributed by atoms with E-state index in [2.05, 4.69) is 35.6 Å². The normalized spacial score (nSPS) is 25.1. The molecule has 1 aromatic rings. The van der Waals surface area contributed by atoms with Crippen LogP contribution in [-0.2, 0) is 0 Å². The fourth-order valence-corrected chi connectivity index (χ4v) is 4.73. The van der Waals surface area contributed by atoms with Crippen LogP contribution in [0.3, 0.4) is 0 Å². The third-order valence-corrected chi connectivity index (χ3v) is 5.87. The number of hydrogen-bond acceptors (Lipinski definition) is 2. The number of ketones is 1. The largest absolute Gasteiger partial charge is 1.00 e. The molecule has 0 aliphatic carbocycles. The van der Waals surface area contributed by atoms with Crippen LogP contribution >= 0.6 is 22.6 Å². The predicted molar refractivity (Wildman–Crippen MR) is 91.3 cm³/mol. The molecular formula is C17H23ClINO2. The van der Waals surface area contributed by atoms with Crippen LogP contribution in [0.1, 0.15) is 48.5 Å². The van der Waals surface area contributed by atoms with E-state index in [0.29, 0.717) is 12.4 Å². The van der Waals surface area contributed by atoms with Crippen molar-refractivity contribution in [2.24, 2.45) is 0 Å². The molecule has 1 unspecified atom stereocenters. The zero-order valence-electron chi connectivity index (χ0n) is 13.2. The van der Waals surface area contributed by atoms with Gasteiger partial charge in [-0.05, 0) is 66.5 Å². The van der Waals surface area contributed by atoms with Crippen LogP contribution in [0.5, 0.6) is 5.75 Å². The molecule has 2 heterocycles. The number of likely N-dealkylation sites (tertiary alicyclic amines) is 1. The summed E-state index contributed by atoms with van der Waals surface area (Å²) in [5.74, 6) is 1.09. The Morgan fingerprint density at radius 3 is 2.59 bits per heavy atom. The minimum absolute atomic E-state index is 0. The Kier molecular flexibility index (Phi) is 5.78. The number of rotatable bonds is 2. The highest BCUT2D eigenvalue weighted by molar-refractivity contribution is 14.1. The van der Waals surface area contributed by atoms with Gasteiger partial charge in [-0.15, -0.1) is 0 Å². The number of fused-ring (bicyclic) bond motifs is 1. The molecular weight excluding hydrogens is 413 g/mol. The molecule has 1 fully saturated rings. The van der Waals surface area contributed by atoms with E-state index in [9.17, 15) is 4.79 Å². The Balaban J connectivity index is 0.00000176. The second kappa shape index (κ2) is 7.05. The number of quaternary nitrogens is 1. The Hall–Kier alpha value is -0.330. The first kappa shape index (κ1) is 18.0. The molecule has 0 radical (unpaired) electrons. The molecule has 0 amide bonds. The van der Waals surface area contributed by atoms with Crippen molar-refractivity contribution in [2.75, 3.05) is 19.7 Å². The van der Waals surface area contributed by atoms with E-state index in [0.717, 1.165) is 40.0 Å². The Morgan fingerprint density at radius 1 is 1.27 bits per heavy atom. The predicted octanol–water partition coefficient (Wildman–Crippen LogP) is -0.604. The van der Waals surface area contributed by atoms with Crippen molar-refractivity contribution in [3.63, 3.8) is 0 Å². The van der Waals surface area contributed by atoms with E-state index in [1.54, 1.807) is 0 Å². The fourth-order valence-electron chi connectivity index (χ4n) is 3.80. The quantitative estimate of drug-likeness (QED) is 0.629. The Labute approximate surface area is 152 Å². The standard InChI is InChI=1S/C17H22INO2.ClH/c1-3-17(19-7-5-4-6-8-19)11-21-15-13(16(17)20)9-12(2)10-14(15)18;/h9-10H,3-8,11H2,1-2H3;1H. The summed E-state index contributed by atoms with van der Waals surface area (Å²) < 4.78 is 7.14. The maximum atomic E-state index is 13.3. The summed E-state index contributed by atoms with van der Waals surface area (Å²) in [6.07, 6.45) is 4.60. The van der Waals surface area contributed by atoms with Crippen molar-refractivity contribution < 1.29 is 26.8 Å². The van der Waals surface area contributed by atoms with Crippen LogP contribution in [0.2, 0.25) is 0 Å². The minimum atomic E-state index is -0.371. The van der Waals surface area contributed by atoms with Gasteiger partial charge in [0.05, 0.1) is 22.2 Å². The van der Waals surface area contributed by atoms with E-state index >= 15 is 0 Å². The molecule has 0 spiro atoms. The number of Topliss-reactive ketones (excluding diaryl/α,β-unsaturated/α-hetero) is 1. The summed E-state index contributed by atoms with van der Waals surface area (Å²) in [5, 5.41) is 0. The Morgan fingerprint density at radius 2 is 1.95 bits per heavy atom. The number of hydrogen-bond donors (Lipinski definition) is 1.